The molecule has 2 amide bonds. The van der Waals surface area contributed by atoms with Crippen LogP contribution in [0.25, 0.3) is 0 Å². The summed E-state index contributed by atoms with van der Waals surface area (Å²) in [5.74, 6) is -1.04. The summed E-state index contributed by atoms with van der Waals surface area (Å²) in [6.07, 6.45) is 2.05. The lowest BCUT2D eigenvalue weighted by Gasteiger charge is -2.16. The van der Waals surface area contributed by atoms with E-state index < -0.39 is 24.4 Å². The molecule has 1 N–H and O–H groups in total. The second-order valence-corrected chi connectivity index (χ2v) is 7.37. The molecule has 7 nitrogen and oxygen atoms in total. The molecule has 0 spiro atoms. The maximum absolute atomic E-state index is 12.3. The number of hydrogen-bond donors (Lipinski definition) is 1. The van der Waals surface area contributed by atoms with Gasteiger partial charge in [-0.2, -0.15) is 0 Å². The normalized spacial score (nSPS) is 15.9. The van der Waals surface area contributed by atoms with Gasteiger partial charge in [-0.15, -0.1) is 11.8 Å². The number of nitrogens with one attached hydrogen (secondary N) is 1. The molecule has 1 aliphatic heterocycles. The fraction of sp³-hybridized carbons (Fsp3) is 0.286. The van der Waals surface area contributed by atoms with Crippen LogP contribution in [0.2, 0.25) is 0 Å². The van der Waals surface area contributed by atoms with E-state index in [1.54, 1.807) is 48.0 Å². The molecular weight excluding hydrogens is 392 g/mol. The second kappa shape index (κ2) is 9.47. The summed E-state index contributed by atoms with van der Waals surface area (Å²) in [6.45, 7) is -0.158. The van der Waals surface area contributed by atoms with Crippen molar-refractivity contribution in [2.45, 2.75) is 11.3 Å². The first-order chi connectivity index (χ1) is 14.0. The Balaban J connectivity index is 1.50. The highest BCUT2D eigenvalue weighted by Gasteiger charge is 2.36. The first kappa shape index (κ1) is 20.7. The van der Waals surface area contributed by atoms with Crippen molar-refractivity contribution in [3.05, 3.63) is 48.5 Å². The molecule has 3 rings (SSSR count). The molecule has 2 aromatic carbocycles. The molecule has 0 radical (unpaired) electrons. The van der Waals surface area contributed by atoms with Gasteiger partial charge in [-0.3, -0.25) is 14.4 Å². The minimum absolute atomic E-state index is 0.0726. The molecule has 1 saturated heterocycles. The van der Waals surface area contributed by atoms with Crippen molar-refractivity contribution in [3.8, 4) is 5.75 Å². The highest BCUT2D eigenvalue weighted by molar-refractivity contribution is 7.98. The molecule has 1 fully saturated rings. The number of thioether (sulfide) groups is 1. The number of rotatable bonds is 7. The van der Waals surface area contributed by atoms with Crippen molar-refractivity contribution in [2.75, 3.05) is 36.7 Å². The molecule has 1 unspecified atom stereocenters. The third kappa shape index (κ3) is 5.29. The van der Waals surface area contributed by atoms with E-state index in [1.807, 2.05) is 30.5 Å². The molecule has 1 aliphatic rings. The summed E-state index contributed by atoms with van der Waals surface area (Å²) < 4.78 is 10.2. The number of nitrogens with zero attached hydrogens (tertiary/aromatic N) is 1. The van der Waals surface area contributed by atoms with Crippen LogP contribution in [0.15, 0.2) is 53.4 Å². The number of carbonyl (C=O) groups excluding carboxylic acids is 3. The van der Waals surface area contributed by atoms with Crippen LogP contribution in [-0.4, -0.2) is 44.3 Å². The number of carbonyl (C=O) groups is 3. The van der Waals surface area contributed by atoms with Crippen molar-refractivity contribution >= 4 is 40.9 Å². The van der Waals surface area contributed by atoms with Crippen molar-refractivity contribution in [1.82, 2.24) is 0 Å². The zero-order valence-corrected chi connectivity index (χ0v) is 17.0. The van der Waals surface area contributed by atoms with Crippen molar-refractivity contribution < 1.29 is 23.9 Å². The number of hydrogen-bond acceptors (Lipinski definition) is 6. The Hall–Kier alpha value is -3.00. The van der Waals surface area contributed by atoms with Gasteiger partial charge in [0.25, 0.3) is 5.91 Å². The van der Waals surface area contributed by atoms with Gasteiger partial charge < -0.3 is 19.7 Å². The molecule has 152 valence electrons. The Kier molecular flexibility index (Phi) is 6.77. The summed E-state index contributed by atoms with van der Waals surface area (Å²) in [5.41, 5.74) is 1.32. The van der Waals surface area contributed by atoms with Gasteiger partial charge in [0.2, 0.25) is 5.91 Å². The SMILES string of the molecule is COc1ccc(NC(=O)COC(=O)C2CC(=O)N(c3ccc(SC)cc3)C2)cc1. The van der Waals surface area contributed by atoms with Crippen LogP contribution in [0, 0.1) is 5.92 Å². The van der Waals surface area contributed by atoms with Crippen LogP contribution in [0.4, 0.5) is 11.4 Å². The van der Waals surface area contributed by atoms with Crippen LogP contribution < -0.4 is 15.0 Å². The number of esters is 1. The van der Waals surface area contributed by atoms with Gasteiger partial charge >= 0.3 is 5.97 Å². The van der Waals surface area contributed by atoms with Crippen molar-refractivity contribution in [3.63, 3.8) is 0 Å². The predicted octanol–water partition coefficient (Wildman–Crippen LogP) is 2.95. The molecule has 29 heavy (non-hydrogen) atoms. The minimum Gasteiger partial charge on any atom is -0.497 e. The van der Waals surface area contributed by atoms with Gasteiger partial charge in [0.05, 0.1) is 13.0 Å². The molecule has 1 atom stereocenters. The first-order valence-electron chi connectivity index (χ1n) is 9.05. The number of benzene rings is 2. The van der Waals surface area contributed by atoms with Crippen LogP contribution in [0.1, 0.15) is 6.42 Å². The summed E-state index contributed by atoms with van der Waals surface area (Å²) in [5, 5.41) is 2.64. The Labute approximate surface area is 173 Å². The van der Waals surface area contributed by atoms with E-state index in [2.05, 4.69) is 5.32 Å². The minimum atomic E-state index is -0.587. The Morgan fingerprint density at radius 2 is 1.83 bits per heavy atom. The van der Waals surface area contributed by atoms with E-state index in [0.29, 0.717) is 11.4 Å². The standard InChI is InChI=1S/C21H22N2O5S/c1-27-17-7-3-15(4-8-17)22-19(24)13-28-21(26)14-11-20(25)23(12-14)16-5-9-18(29-2)10-6-16/h3-10,14H,11-13H2,1-2H3,(H,22,24). The van der Waals surface area contributed by atoms with Gasteiger partial charge in [-0.1, -0.05) is 0 Å². The van der Waals surface area contributed by atoms with Crippen LogP contribution >= 0.6 is 11.8 Å². The average Bonchev–Trinajstić information content (AvgIpc) is 3.14. The number of ether oxygens (including phenoxy) is 2. The molecule has 0 aromatic heterocycles. The monoisotopic (exact) mass is 414 g/mol. The van der Waals surface area contributed by atoms with Crippen LogP contribution in [0.5, 0.6) is 5.75 Å². The van der Waals surface area contributed by atoms with E-state index in [4.69, 9.17) is 9.47 Å². The number of methoxy groups -OCH3 is 1. The maximum atomic E-state index is 12.3. The fourth-order valence-electron chi connectivity index (χ4n) is 3.00. The van der Waals surface area contributed by atoms with Gasteiger partial charge in [-0.25, -0.2) is 0 Å². The van der Waals surface area contributed by atoms with Gasteiger partial charge in [0.15, 0.2) is 6.61 Å². The smallest absolute Gasteiger partial charge is 0.311 e. The highest BCUT2D eigenvalue weighted by atomic mass is 32.2. The first-order valence-corrected chi connectivity index (χ1v) is 10.3. The lowest BCUT2D eigenvalue weighted by molar-refractivity contribution is -0.151. The third-order valence-corrected chi connectivity index (χ3v) is 5.31. The molecule has 0 aliphatic carbocycles. The molecule has 1 heterocycles. The fourth-order valence-corrected chi connectivity index (χ4v) is 3.41. The lowest BCUT2D eigenvalue weighted by atomic mass is 10.1. The molecule has 8 heteroatoms. The largest absolute Gasteiger partial charge is 0.497 e. The summed E-state index contributed by atoms with van der Waals surface area (Å²) in [4.78, 5) is 39.3. The number of amides is 2. The Morgan fingerprint density at radius 1 is 1.14 bits per heavy atom. The van der Waals surface area contributed by atoms with Crippen LogP contribution in [0.3, 0.4) is 0 Å². The van der Waals surface area contributed by atoms with Gasteiger partial charge in [0, 0.05) is 29.2 Å². The van der Waals surface area contributed by atoms with Crippen molar-refractivity contribution in [2.24, 2.45) is 5.92 Å². The van der Waals surface area contributed by atoms with Gasteiger partial charge in [0.1, 0.15) is 5.75 Å². The topological polar surface area (TPSA) is 84.9 Å². The Morgan fingerprint density at radius 3 is 2.45 bits per heavy atom. The van der Waals surface area contributed by atoms with E-state index in [9.17, 15) is 14.4 Å². The summed E-state index contributed by atoms with van der Waals surface area (Å²) >= 11 is 1.62. The molecular formula is C21H22N2O5S. The second-order valence-electron chi connectivity index (χ2n) is 6.49. The molecule has 0 bridgehead atoms. The van der Waals surface area contributed by atoms with Crippen LogP contribution in [-0.2, 0) is 19.1 Å². The van der Waals surface area contributed by atoms with E-state index in [1.165, 1.54) is 0 Å². The van der Waals surface area contributed by atoms with E-state index in [-0.39, 0.29) is 18.9 Å². The highest BCUT2D eigenvalue weighted by Crippen LogP contribution is 2.27. The Bertz CT molecular complexity index is 883. The van der Waals surface area contributed by atoms with Crippen molar-refractivity contribution in [1.29, 1.82) is 0 Å². The summed E-state index contributed by atoms with van der Waals surface area (Å²) in [6, 6.07) is 14.4. The lowest BCUT2D eigenvalue weighted by Crippen LogP contribution is -2.28. The van der Waals surface area contributed by atoms with Gasteiger partial charge in [-0.05, 0) is 54.8 Å². The summed E-state index contributed by atoms with van der Waals surface area (Å²) in [7, 11) is 1.56. The maximum Gasteiger partial charge on any atom is 0.311 e. The molecule has 2 aromatic rings. The third-order valence-electron chi connectivity index (χ3n) is 4.56. The zero-order valence-electron chi connectivity index (χ0n) is 16.2. The zero-order chi connectivity index (χ0) is 20.8. The number of anilines is 2. The van der Waals surface area contributed by atoms with E-state index >= 15 is 0 Å². The molecule has 0 saturated carbocycles. The predicted molar refractivity (Wildman–Crippen MR) is 111 cm³/mol. The average molecular weight is 414 g/mol. The van der Waals surface area contributed by atoms with E-state index in [0.717, 1.165) is 10.6 Å². The quantitative estimate of drug-likeness (QED) is 0.554.